The Labute approximate surface area is 157 Å². The molecular weight excluding hydrogens is 336 g/mol. The summed E-state index contributed by atoms with van der Waals surface area (Å²) >= 11 is 0. The van der Waals surface area contributed by atoms with Crippen LogP contribution in [-0.2, 0) is 6.54 Å². The number of anilines is 4. The Morgan fingerprint density at radius 2 is 1.33 bits per heavy atom. The number of hydrogen-bond donors (Lipinski definition) is 1. The minimum atomic E-state index is 0.619. The summed E-state index contributed by atoms with van der Waals surface area (Å²) in [7, 11) is 0. The first-order valence-corrected chi connectivity index (χ1v) is 8.59. The van der Waals surface area contributed by atoms with Gasteiger partial charge in [0.15, 0.2) is 0 Å². The SMILES string of the molecule is c1cncc(Nc2ncccc2CN(c2cccnc2)c2cccnc2)c1. The van der Waals surface area contributed by atoms with Crippen LogP contribution in [0.3, 0.4) is 0 Å². The quantitative estimate of drug-likeness (QED) is 0.555. The molecule has 0 unspecified atom stereocenters. The minimum Gasteiger partial charge on any atom is -0.339 e. The molecule has 0 aliphatic rings. The van der Waals surface area contributed by atoms with Crippen LogP contribution >= 0.6 is 0 Å². The molecular formula is C21H18N6. The van der Waals surface area contributed by atoms with E-state index in [9.17, 15) is 0 Å². The van der Waals surface area contributed by atoms with Gasteiger partial charge in [-0.1, -0.05) is 6.07 Å². The summed E-state index contributed by atoms with van der Waals surface area (Å²) in [5, 5.41) is 3.35. The summed E-state index contributed by atoms with van der Waals surface area (Å²) in [6.45, 7) is 0.619. The van der Waals surface area contributed by atoms with Gasteiger partial charge in [-0.05, 0) is 42.5 Å². The van der Waals surface area contributed by atoms with Crippen molar-refractivity contribution in [2.75, 3.05) is 10.2 Å². The highest BCUT2D eigenvalue weighted by Crippen LogP contribution is 2.28. The van der Waals surface area contributed by atoms with Crippen molar-refractivity contribution in [1.82, 2.24) is 19.9 Å². The number of rotatable bonds is 6. The molecule has 4 heterocycles. The molecule has 0 radical (unpaired) electrons. The molecule has 0 saturated carbocycles. The zero-order valence-corrected chi connectivity index (χ0v) is 14.6. The third-order valence-corrected chi connectivity index (χ3v) is 4.06. The first-order chi connectivity index (χ1) is 13.4. The second-order valence-corrected chi connectivity index (χ2v) is 5.89. The van der Waals surface area contributed by atoms with E-state index in [1.54, 1.807) is 31.0 Å². The Balaban J connectivity index is 1.68. The molecule has 27 heavy (non-hydrogen) atoms. The van der Waals surface area contributed by atoms with Crippen LogP contribution in [0.4, 0.5) is 22.9 Å². The van der Waals surface area contributed by atoms with Gasteiger partial charge in [0.05, 0.1) is 42.2 Å². The van der Waals surface area contributed by atoms with Gasteiger partial charge in [0.1, 0.15) is 5.82 Å². The highest BCUT2D eigenvalue weighted by Gasteiger charge is 2.13. The van der Waals surface area contributed by atoms with Crippen molar-refractivity contribution >= 4 is 22.9 Å². The fourth-order valence-corrected chi connectivity index (χ4v) is 2.78. The molecule has 0 amide bonds. The maximum atomic E-state index is 4.52. The van der Waals surface area contributed by atoms with Gasteiger partial charge in [0, 0.05) is 30.4 Å². The van der Waals surface area contributed by atoms with Crippen LogP contribution in [0.1, 0.15) is 5.56 Å². The van der Waals surface area contributed by atoms with Crippen molar-refractivity contribution in [3.8, 4) is 0 Å². The lowest BCUT2D eigenvalue weighted by Crippen LogP contribution is -2.18. The average Bonchev–Trinajstić information content (AvgIpc) is 2.75. The summed E-state index contributed by atoms with van der Waals surface area (Å²) < 4.78 is 0. The van der Waals surface area contributed by atoms with E-state index in [2.05, 4.69) is 36.2 Å². The molecule has 0 fully saturated rings. The molecule has 0 atom stereocenters. The molecule has 0 saturated heterocycles. The zero-order chi connectivity index (χ0) is 18.3. The number of hydrogen-bond acceptors (Lipinski definition) is 6. The van der Waals surface area contributed by atoms with Crippen LogP contribution in [0, 0.1) is 0 Å². The van der Waals surface area contributed by atoms with Crippen molar-refractivity contribution < 1.29 is 0 Å². The molecule has 0 aliphatic carbocycles. The lowest BCUT2D eigenvalue weighted by atomic mass is 10.2. The normalized spacial score (nSPS) is 10.4. The summed E-state index contributed by atoms with van der Waals surface area (Å²) in [6, 6.07) is 15.8. The van der Waals surface area contributed by atoms with Gasteiger partial charge < -0.3 is 10.2 Å². The third kappa shape index (κ3) is 4.07. The smallest absolute Gasteiger partial charge is 0.135 e. The van der Waals surface area contributed by atoms with E-state index in [1.807, 2.05) is 54.9 Å². The van der Waals surface area contributed by atoms with Crippen LogP contribution in [0.15, 0.2) is 91.9 Å². The molecule has 132 valence electrons. The van der Waals surface area contributed by atoms with Crippen LogP contribution in [0.2, 0.25) is 0 Å². The maximum absolute atomic E-state index is 4.52. The molecule has 0 bridgehead atoms. The Bertz CT molecular complexity index is 937. The Kier molecular flexibility index (Phi) is 4.97. The molecule has 4 rings (SSSR count). The molecule has 4 aromatic heterocycles. The van der Waals surface area contributed by atoms with Gasteiger partial charge >= 0.3 is 0 Å². The van der Waals surface area contributed by atoms with E-state index in [0.717, 1.165) is 28.4 Å². The van der Waals surface area contributed by atoms with E-state index in [1.165, 1.54) is 0 Å². The topological polar surface area (TPSA) is 66.8 Å². The molecule has 4 aromatic rings. The number of nitrogens with one attached hydrogen (secondary N) is 1. The number of aromatic nitrogens is 4. The van der Waals surface area contributed by atoms with Crippen molar-refractivity contribution in [2.45, 2.75) is 6.54 Å². The fraction of sp³-hybridized carbons (Fsp3) is 0.0476. The maximum Gasteiger partial charge on any atom is 0.135 e. The standard InChI is InChI=1S/C21H18N6/c1-5-17(21(25-12-1)26-18-6-2-9-22-13-18)16-27(19-7-3-10-23-14-19)20-8-4-11-24-15-20/h1-15H,16H2,(H,25,26). The molecule has 0 spiro atoms. The second-order valence-electron chi connectivity index (χ2n) is 5.89. The van der Waals surface area contributed by atoms with Crippen LogP contribution in [0.5, 0.6) is 0 Å². The van der Waals surface area contributed by atoms with Gasteiger partial charge in [-0.2, -0.15) is 0 Å². The summed E-state index contributed by atoms with van der Waals surface area (Å²) in [4.78, 5) is 19.3. The second kappa shape index (κ2) is 8.05. The van der Waals surface area contributed by atoms with Gasteiger partial charge in [0.25, 0.3) is 0 Å². The molecule has 6 heteroatoms. The van der Waals surface area contributed by atoms with Crippen molar-refractivity contribution in [2.24, 2.45) is 0 Å². The summed E-state index contributed by atoms with van der Waals surface area (Å²) in [6.07, 6.45) is 12.5. The highest BCUT2D eigenvalue weighted by atomic mass is 15.2. The first-order valence-electron chi connectivity index (χ1n) is 8.59. The van der Waals surface area contributed by atoms with Gasteiger partial charge in [-0.15, -0.1) is 0 Å². The largest absolute Gasteiger partial charge is 0.339 e. The van der Waals surface area contributed by atoms with Crippen LogP contribution in [-0.4, -0.2) is 19.9 Å². The molecule has 0 aliphatic heterocycles. The monoisotopic (exact) mass is 354 g/mol. The molecule has 0 aromatic carbocycles. The summed E-state index contributed by atoms with van der Waals surface area (Å²) in [5.41, 5.74) is 3.92. The van der Waals surface area contributed by atoms with E-state index >= 15 is 0 Å². The average molecular weight is 354 g/mol. The van der Waals surface area contributed by atoms with E-state index in [0.29, 0.717) is 6.54 Å². The van der Waals surface area contributed by atoms with Crippen LogP contribution < -0.4 is 10.2 Å². The summed E-state index contributed by atoms with van der Waals surface area (Å²) in [5.74, 6) is 0.795. The predicted molar refractivity (Wildman–Crippen MR) is 106 cm³/mol. The van der Waals surface area contributed by atoms with Crippen molar-refractivity contribution in [3.05, 3.63) is 97.5 Å². The third-order valence-electron chi connectivity index (χ3n) is 4.06. The Morgan fingerprint density at radius 3 is 1.93 bits per heavy atom. The van der Waals surface area contributed by atoms with E-state index < -0.39 is 0 Å². The van der Waals surface area contributed by atoms with Crippen molar-refractivity contribution in [3.63, 3.8) is 0 Å². The first kappa shape index (κ1) is 16.7. The van der Waals surface area contributed by atoms with Crippen LogP contribution in [0.25, 0.3) is 0 Å². The highest BCUT2D eigenvalue weighted by molar-refractivity contribution is 5.64. The Hall–Kier alpha value is -3.80. The lowest BCUT2D eigenvalue weighted by Gasteiger charge is -2.25. The molecule has 1 N–H and O–H groups in total. The minimum absolute atomic E-state index is 0.619. The predicted octanol–water partition coefficient (Wildman–Crippen LogP) is 4.35. The molecule has 6 nitrogen and oxygen atoms in total. The van der Waals surface area contributed by atoms with Gasteiger partial charge in [0.2, 0.25) is 0 Å². The van der Waals surface area contributed by atoms with E-state index in [4.69, 9.17) is 0 Å². The van der Waals surface area contributed by atoms with Crippen molar-refractivity contribution in [1.29, 1.82) is 0 Å². The number of nitrogens with zero attached hydrogens (tertiary/aromatic N) is 5. The zero-order valence-electron chi connectivity index (χ0n) is 14.6. The fourth-order valence-electron chi connectivity index (χ4n) is 2.78. The van der Waals surface area contributed by atoms with E-state index in [-0.39, 0.29) is 0 Å². The van der Waals surface area contributed by atoms with Gasteiger partial charge in [-0.25, -0.2) is 4.98 Å². The number of pyridine rings is 4. The lowest BCUT2D eigenvalue weighted by molar-refractivity contribution is 0.956. The van der Waals surface area contributed by atoms with Gasteiger partial charge in [-0.3, -0.25) is 15.0 Å². The Morgan fingerprint density at radius 1 is 0.704 bits per heavy atom.